The molecule has 1 heterocycles. The van der Waals surface area contributed by atoms with Crippen molar-refractivity contribution in [2.75, 3.05) is 0 Å². The monoisotopic (exact) mass is 248 g/mol. The van der Waals surface area contributed by atoms with Gasteiger partial charge in [0, 0.05) is 11.4 Å². The van der Waals surface area contributed by atoms with Crippen LogP contribution < -0.4 is 0 Å². The lowest BCUT2D eigenvalue weighted by atomic mass is 10.4. The Balaban J connectivity index is 2.98. The Hall–Kier alpha value is -1.04. The molecule has 2 nitrogen and oxygen atoms in total. The quantitative estimate of drug-likeness (QED) is 0.464. The first-order chi connectivity index (χ1) is 7.37. The van der Waals surface area contributed by atoms with Crippen LogP contribution in [0, 0.1) is 13.8 Å². The van der Waals surface area contributed by atoms with Gasteiger partial charge < -0.3 is 0 Å². The summed E-state index contributed by atoms with van der Waals surface area (Å²) in [6, 6.07) is 1.68. The summed E-state index contributed by atoms with van der Waals surface area (Å²) in [6.07, 6.45) is -2.59. The van der Waals surface area contributed by atoms with E-state index in [1.165, 1.54) is 0 Å². The van der Waals surface area contributed by atoms with Gasteiger partial charge in [0.2, 0.25) is 5.00 Å². The van der Waals surface area contributed by atoms with Gasteiger partial charge >= 0.3 is 0 Å². The maximum atomic E-state index is 13.6. The number of aryl methyl sites for hydroxylation is 2. The molecule has 16 heavy (non-hydrogen) atoms. The number of alkyl halides is 3. The molecular formula is C10H11F3N2S. The topological polar surface area (TPSA) is 25.8 Å². The molecule has 1 aromatic heterocycles. The highest BCUT2D eigenvalue weighted by Crippen LogP contribution is 2.38. The van der Waals surface area contributed by atoms with Crippen molar-refractivity contribution in [3.63, 3.8) is 0 Å². The highest BCUT2D eigenvalue weighted by Gasteiger charge is 2.39. The minimum absolute atomic E-state index is 0.0137. The second-order valence-electron chi connectivity index (χ2n) is 3.24. The van der Waals surface area contributed by atoms with Crippen molar-refractivity contribution >= 4 is 11.8 Å². The van der Waals surface area contributed by atoms with Crippen molar-refractivity contribution in [1.82, 2.24) is 9.97 Å². The minimum Gasteiger partial charge on any atom is -0.228 e. The molecule has 0 aliphatic carbocycles. The molecule has 0 bridgehead atoms. The number of rotatable bonds is 4. The Kier molecular flexibility index (Phi) is 3.96. The highest BCUT2D eigenvalue weighted by molar-refractivity contribution is 8.00. The first kappa shape index (κ1) is 13.0. The van der Waals surface area contributed by atoms with Crippen LogP contribution in [0.2, 0.25) is 0 Å². The van der Waals surface area contributed by atoms with Crippen LogP contribution in [-0.2, 0) is 0 Å². The first-order valence-corrected chi connectivity index (χ1v) is 5.31. The largest absolute Gasteiger partial charge is 0.285 e. The van der Waals surface area contributed by atoms with Crippen LogP contribution in [0.1, 0.15) is 11.4 Å². The third kappa shape index (κ3) is 2.98. The average molecular weight is 248 g/mol. The fourth-order valence-corrected chi connectivity index (χ4v) is 1.89. The molecule has 0 aliphatic rings. The van der Waals surface area contributed by atoms with Gasteiger partial charge in [-0.2, -0.15) is 0 Å². The number of thioether (sulfide) groups is 1. The summed E-state index contributed by atoms with van der Waals surface area (Å²) in [5, 5.41) is -2.86. The van der Waals surface area contributed by atoms with Crippen molar-refractivity contribution in [3.05, 3.63) is 30.1 Å². The molecule has 0 aromatic carbocycles. The molecule has 6 heteroatoms. The fraction of sp³-hybridized carbons (Fsp3) is 0.400. The second-order valence-corrected chi connectivity index (χ2v) is 4.43. The molecule has 1 rings (SSSR count). The molecule has 0 amide bonds. The van der Waals surface area contributed by atoms with E-state index in [-0.39, 0.29) is 16.9 Å². The Labute approximate surface area is 96.0 Å². The van der Waals surface area contributed by atoms with Crippen LogP contribution in [0.5, 0.6) is 0 Å². The molecule has 0 aliphatic heterocycles. The van der Waals surface area contributed by atoms with E-state index in [1.54, 1.807) is 19.9 Å². The van der Waals surface area contributed by atoms with E-state index in [2.05, 4.69) is 16.5 Å². The Morgan fingerprint density at radius 2 is 1.88 bits per heavy atom. The fourth-order valence-electron chi connectivity index (χ4n) is 1.05. The summed E-state index contributed by atoms with van der Waals surface area (Å²) in [4.78, 5) is 7.76. The Morgan fingerprint density at radius 3 is 2.25 bits per heavy atom. The van der Waals surface area contributed by atoms with Crippen LogP contribution in [0.25, 0.3) is 0 Å². The Bertz CT molecular complexity index is 377. The van der Waals surface area contributed by atoms with Gasteiger partial charge in [0.25, 0.3) is 6.43 Å². The van der Waals surface area contributed by atoms with Gasteiger partial charge in [-0.3, -0.25) is 0 Å². The zero-order valence-electron chi connectivity index (χ0n) is 8.88. The standard InChI is InChI=1S/C10H11F3N2S/c1-4-10(13,8(11)12)16-9-14-6(2)5-7(3)15-9/h4-5,8H,1H2,2-3H3. The summed E-state index contributed by atoms with van der Waals surface area (Å²) in [5.41, 5.74) is 1.21. The van der Waals surface area contributed by atoms with Crippen molar-refractivity contribution in [2.45, 2.75) is 30.4 Å². The van der Waals surface area contributed by atoms with E-state index >= 15 is 0 Å². The zero-order chi connectivity index (χ0) is 12.3. The molecule has 1 unspecified atom stereocenters. The molecule has 1 atom stereocenters. The molecule has 0 N–H and O–H groups in total. The van der Waals surface area contributed by atoms with Gasteiger partial charge in [0.15, 0.2) is 5.16 Å². The lowest BCUT2D eigenvalue weighted by Crippen LogP contribution is -2.25. The summed E-state index contributed by atoms with van der Waals surface area (Å²) in [7, 11) is 0. The van der Waals surface area contributed by atoms with Crippen LogP contribution in [-0.4, -0.2) is 21.4 Å². The number of halogens is 3. The van der Waals surface area contributed by atoms with Gasteiger partial charge in [-0.15, -0.1) is 0 Å². The van der Waals surface area contributed by atoms with Crippen molar-refractivity contribution in [1.29, 1.82) is 0 Å². The van der Waals surface area contributed by atoms with E-state index in [0.717, 1.165) is 0 Å². The van der Waals surface area contributed by atoms with Gasteiger partial charge in [0.1, 0.15) is 0 Å². The van der Waals surface area contributed by atoms with E-state index in [4.69, 9.17) is 0 Å². The average Bonchev–Trinajstić information content (AvgIpc) is 2.15. The van der Waals surface area contributed by atoms with Crippen molar-refractivity contribution < 1.29 is 13.2 Å². The lowest BCUT2D eigenvalue weighted by Gasteiger charge is -2.18. The maximum Gasteiger partial charge on any atom is 0.285 e. The van der Waals surface area contributed by atoms with Gasteiger partial charge in [0.05, 0.1) is 0 Å². The highest BCUT2D eigenvalue weighted by atomic mass is 32.2. The van der Waals surface area contributed by atoms with E-state index < -0.39 is 11.4 Å². The maximum absolute atomic E-state index is 13.6. The predicted molar refractivity (Wildman–Crippen MR) is 57.4 cm³/mol. The normalized spacial score (nSPS) is 14.9. The van der Waals surface area contributed by atoms with Crippen LogP contribution >= 0.6 is 11.8 Å². The van der Waals surface area contributed by atoms with Crippen LogP contribution in [0.4, 0.5) is 13.2 Å². The van der Waals surface area contributed by atoms with Crippen molar-refractivity contribution in [2.24, 2.45) is 0 Å². The third-order valence-corrected chi connectivity index (χ3v) is 2.81. The lowest BCUT2D eigenvalue weighted by molar-refractivity contribution is 0.0550. The van der Waals surface area contributed by atoms with Crippen LogP contribution in [0.3, 0.4) is 0 Å². The van der Waals surface area contributed by atoms with Crippen molar-refractivity contribution in [3.8, 4) is 0 Å². The predicted octanol–water partition coefficient (Wildman–Crippen LogP) is 3.30. The zero-order valence-corrected chi connectivity index (χ0v) is 9.69. The summed E-state index contributed by atoms with van der Waals surface area (Å²) in [6.45, 7) is 6.44. The van der Waals surface area contributed by atoms with E-state index in [1.807, 2.05) is 0 Å². The summed E-state index contributed by atoms with van der Waals surface area (Å²) in [5.74, 6) is 0. The van der Waals surface area contributed by atoms with E-state index in [0.29, 0.717) is 17.5 Å². The number of nitrogens with zero attached hydrogens (tertiary/aromatic N) is 2. The SMILES string of the molecule is C=CC(F)(Sc1nc(C)cc(C)n1)C(F)F. The minimum atomic E-state index is -3.17. The van der Waals surface area contributed by atoms with Gasteiger partial charge in [-0.05, 0) is 37.8 Å². The van der Waals surface area contributed by atoms with E-state index in [9.17, 15) is 13.2 Å². The second kappa shape index (κ2) is 4.86. The number of hydrogen-bond acceptors (Lipinski definition) is 3. The smallest absolute Gasteiger partial charge is 0.228 e. The summed E-state index contributed by atoms with van der Waals surface area (Å²) >= 11 is 0.271. The van der Waals surface area contributed by atoms with Gasteiger partial charge in [-0.1, -0.05) is 6.58 Å². The molecule has 0 saturated heterocycles. The number of hydrogen-bond donors (Lipinski definition) is 0. The first-order valence-electron chi connectivity index (χ1n) is 4.49. The van der Waals surface area contributed by atoms with Gasteiger partial charge in [-0.25, -0.2) is 23.1 Å². The van der Waals surface area contributed by atoms with Crippen LogP contribution in [0.15, 0.2) is 23.9 Å². The Morgan fingerprint density at radius 1 is 1.38 bits per heavy atom. The number of aromatic nitrogens is 2. The molecule has 88 valence electrons. The molecular weight excluding hydrogens is 237 g/mol. The summed E-state index contributed by atoms with van der Waals surface area (Å²) < 4.78 is 38.5. The molecule has 0 spiro atoms. The third-order valence-electron chi connectivity index (χ3n) is 1.79. The molecule has 0 saturated carbocycles. The molecule has 0 fully saturated rings. The molecule has 0 radical (unpaired) electrons. The molecule has 1 aromatic rings.